The van der Waals surface area contributed by atoms with E-state index in [1.165, 1.54) is 5.56 Å². The molecule has 65 valence electrons. The molecule has 0 spiro atoms. The fourth-order valence-electron chi connectivity index (χ4n) is 1.07. The molecule has 0 aliphatic rings. The van der Waals surface area contributed by atoms with E-state index < -0.39 is 0 Å². The monoisotopic (exact) mass is 181 g/mol. The summed E-state index contributed by atoms with van der Waals surface area (Å²) in [6, 6.07) is 4.08. The van der Waals surface area contributed by atoms with E-state index in [2.05, 4.69) is 16.0 Å². The summed E-state index contributed by atoms with van der Waals surface area (Å²) in [5, 5.41) is 0. The van der Waals surface area contributed by atoms with Gasteiger partial charge in [0.2, 0.25) is 0 Å². The van der Waals surface area contributed by atoms with E-state index in [1.54, 1.807) is 0 Å². The Hall–Kier alpha value is -0.540. The van der Waals surface area contributed by atoms with Gasteiger partial charge in [-0.15, -0.1) is 0 Å². The van der Waals surface area contributed by atoms with E-state index in [1.807, 2.05) is 26.4 Å². The van der Waals surface area contributed by atoms with Crippen LogP contribution in [0.3, 0.4) is 0 Å². The average molecular weight is 181 g/mol. The highest BCUT2D eigenvalue weighted by molar-refractivity contribution is 7.79. The summed E-state index contributed by atoms with van der Waals surface area (Å²) in [5.74, 6) is 0.598. The molecule has 0 aromatic carbocycles. The van der Waals surface area contributed by atoms with Gasteiger partial charge in [-0.1, -0.05) is 12.6 Å². The van der Waals surface area contributed by atoms with Crippen LogP contribution in [-0.2, 0) is 12.3 Å². The molecule has 1 heterocycles. The van der Waals surface area contributed by atoms with Gasteiger partial charge in [-0.2, -0.15) is 0 Å². The molecule has 12 heavy (non-hydrogen) atoms. The molecule has 2 nitrogen and oxygen atoms in total. The van der Waals surface area contributed by atoms with Gasteiger partial charge in [0, 0.05) is 18.5 Å². The van der Waals surface area contributed by atoms with Gasteiger partial charge >= 0.3 is 0 Å². The number of pyridine rings is 1. The topological polar surface area (TPSA) is 16.1 Å². The van der Waals surface area contributed by atoms with Crippen molar-refractivity contribution in [3.8, 4) is 0 Å². The maximum atomic E-state index is 4.92. The molecule has 0 aliphatic heterocycles. The van der Waals surface area contributed by atoms with Crippen LogP contribution in [0.1, 0.15) is 11.3 Å². The van der Waals surface area contributed by atoms with Crippen molar-refractivity contribution < 1.29 is 0 Å². The first-order chi connectivity index (χ1) is 5.72. The Labute approximate surface area is 79.0 Å². The lowest BCUT2D eigenvalue weighted by Gasteiger charge is -2.09. The SMILES string of the molecule is CN(C)Cc1ccnc(C[S])c1. The number of rotatable bonds is 3. The maximum absolute atomic E-state index is 4.92. The highest BCUT2D eigenvalue weighted by Crippen LogP contribution is 2.05. The lowest BCUT2D eigenvalue weighted by atomic mass is 10.2. The Morgan fingerprint density at radius 2 is 2.25 bits per heavy atom. The zero-order valence-corrected chi connectivity index (χ0v) is 8.27. The number of nitrogens with zero attached hydrogens (tertiary/aromatic N) is 2. The first-order valence-electron chi connectivity index (χ1n) is 3.89. The third-order valence-corrected chi connectivity index (χ3v) is 1.82. The number of hydrogen-bond donors (Lipinski definition) is 0. The Kier molecular flexibility index (Phi) is 3.56. The second-order valence-corrected chi connectivity index (χ2v) is 3.33. The molecule has 0 amide bonds. The molecule has 0 saturated heterocycles. The molecule has 3 heteroatoms. The van der Waals surface area contributed by atoms with E-state index in [9.17, 15) is 0 Å². The van der Waals surface area contributed by atoms with Crippen LogP contribution in [0.5, 0.6) is 0 Å². The summed E-state index contributed by atoms with van der Waals surface area (Å²) in [5.41, 5.74) is 2.26. The molecule has 0 atom stereocenters. The zero-order chi connectivity index (χ0) is 8.97. The van der Waals surface area contributed by atoms with Gasteiger partial charge in [0.15, 0.2) is 0 Å². The van der Waals surface area contributed by atoms with Gasteiger partial charge in [0.05, 0.1) is 5.69 Å². The zero-order valence-electron chi connectivity index (χ0n) is 7.45. The molecule has 0 N–H and O–H groups in total. The second kappa shape index (κ2) is 4.48. The van der Waals surface area contributed by atoms with Gasteiger partial charge < -0.3 is 4.90 Å². The van der Waals surface area contributed by atoms with E-state index >= 15 is 0 Å². The van der Waals surface area contributed by atoms with Crippen LogP contribution in [0, 0.1) is 0 Å². The van der Waals surface area contributed by atoms with Crippen molar-refractivity contribution in [3.05, 3.63) is 29.6 Å². The third kappa shape index (κ3) is 2.83. The molecular weight excluding hydrogens is 168 g/mol. The summed E-state index contributed by atoms with van der Waals surface area (Å²) in [6.07, 6.45) is 1.82. The molecule has 0 fully saturated rings. The minimum Gasteiger partial charge on any atom is -0.305 e. The highest BCUT2D eigenvalue weighted by Gasteiger charge is 1.96. The summed E-state index contributed by atoms with van der Waals surface area (Å²) < 4.78 is 0. The first-order valence-corrected chi connectivity index (χ1v) is 4.46. The van der Waals surface area contributed by atoms with Crippen molar-refractivity contribution in [3.63, 3.8) is 0 Å². The van der Waals surface area contributed by atoms with Gasteiger partial charge in [0.25, 0.3) is 0 Å². The molecule has 0 bridgehead atoms. The predicted octanol–water partition coefficient (Wildman–Crippen LogP) is 1.84. The van der Waals surface area contributed by atoms with Gasteiger partial charge in [-0.05, 0) is 31.8 Å². The predicted molar refractivity (Wildman–Crippen MR) is 52.9 cm³/mol. The third-order valence-electron chi connectivity index (χ3n) is 1.53. The fraction of sp³-hybridized carbons (Fsp3) is 0.444. The van der Waals surface area contributed by atoms with Crippen molar-refractivity contribution in [1.29, 1.82) is 0 Å². The Morgan fingerprint density at radius 3 is 2.83 bits per heavy atom. The molecule has 1 aromatic rings. The second-order valence-electron chi connectivity index (χ2n) is 3.04. The van der Waals surface area contributed by atoms with Crippen molar-refractivity contribution in [2.45, 2.75) is 12.3 Å². The molecule has 0 saturated carbocycles. The van der Waals surface area contributed by atoms with Crippen LogP contribution in [0.2, 0.25) is 0 Å². The van der Waals surface area contributed by atoms with Crippen LogP contribution < -0.4 is 0 Å². The van der Waals surface area contributed by atoms with Gasteiger partial charge in [-0.3, -0.25) is 4.98 Å². The van der Waals surface area contributed by atoms with Gasteiger partial charge in [0.1, 0.15) is 0 Å². The number of aromatic nitrogens is 1. The Balaban J connectivity index is 2.72. The lowest BCUT2D eigenvalue weighted by molar-refractivity contribution is 0.402. The van der Waals surface area contributed by atoms with E-state index in [-0.39, 0.29) is 0 Å². The number of hydrogen-bond acceptors (Lipinski definition) is 2. The minimum atomic E-state index is 0.598. The van der Waals surface area contributed by atoms with Crippen molar-refractivity contribution >= 4 is 12.6 Å². The lowest BCUT2D eigenvalue weighted by Crippen LogP contribution is -2.10. The smallest absolute Gasteiger partial charge is 0.0514 e. The average Bonchev–Trinajstić information content (AvgIpc) is 2.03. The summed E-state index contributed by atoms with van der Waals surface area (Å²) in [4.78, 5) is 6.27. The Morgan fingerprint density at radius 1 is 1.50 bits per heavy atom. The summed E-state index contributed by atoms with van der Waals surface area (Å²) in [6.45, 7) is 0.949. The van der Waals surface area contributed by atoms with Crippen LogP contribution in [0.25, 0.3) is 0 Å². The maximum Gasteiger partial charge on any atom is 0.0514 e. The van der Waals surface area contributed by atoms with E-state index in [0.29, 0.717) is 5.75 Å². The van der Waals surface area contributed by atoms with E-state index in [0.717, 1.165) is 12.2 Å². The van der Waals surface area contributed by atoms with Crippen LogP contribution in [-0.4, -0.2) is 24.0 Å². The molecule has 0 aliphatic carbocycles. The molecule has 0 unspecified atom stereocenters. The molecule has 1 aromatic heterocycles. The standard InChI is InChI=1S/C9H13N2S/c1-11(2)6-8-3-4-10-9(5-8)7-12/h3-5H,6-7H2,1-2H3. The van der Waals surface area contributed by atoms with E-state index in [4.69, 9.17) is 12.6 Å². The molecular formula is C9H13N2S. The van der Waals surface area contributed by atoms with Crippen LogP contribution in [0.15, 0.2) is 18.3 Å². The normalized spacial score (nSPS) is 10.7. The van der Waals surface area contributed by atoms with Gasteiger partial charge in [-0.25, -0.2) is 0 Å². The highest BCUT2D eigenvalue weighted by atomic mass is 32.1. The largest absolute Gasteiger partial charge is 0.305 e. The quantitative estimate of drug-likeness (QED) is 0.707. The minimum absolute atomic E-state index is 0.598. The van der Waals surface area contributed by atoms with Crippen molar-refractivity contribution in [2.24, 2.45) is 0 Å². The first kappa shape index (κ1) is 9.55. The summed E-state index contributed by atoms with van der Waals surface area (Å²) >= 11 is 4.92. The fourth-order valence-corrected chi connectivity index (χ4v) is 1.23. The van der Waals surface area contributed by atoms with Crippen molar-refractivity contribution in [2.75, 3.05) is 14.1 Å². The molecule has 1 radical (unpaired) electrons. The molecule has 1 rings (SSSR count). The van der Waals surface area contributed by atoms with Crippen molar-refractivity contribution in [1.82, 2.24) is 9.88 Å². The van der Waals surface area contributed by atoms with Crippen LogP contribution >= 0.6 is 12.6 Å². The van der Waals surface area contributed by atoms with Crippen LogP contribution in [0.4, 0.5) is 0 Å². The summed E-state index contributed by atoms with van der Waals surface area (Å²) in [7, 11) is 4.10. The Bertz CT molecular complexity index is 248.